The zero-order valence-electron chi connectivity index (χ0n) is 12.5. The van der Waals surface area contributed by atoms with E-state index in [0.717, 1.165) is 0 Å². The van der Waals surface area contributed by atoms with E-state index in [1.807, 2.05) is 0 Å². The molecule has 2 rings (SSSR count). The van der Waals surface area contributed by atoms with Crippen molar-refractivity contribution in [1.29, 1.82) is 0 Å². The first kappa shape index (κ1) is 18.0. The van der Waals surface area contributed by atoms with Gasteiger partial charge in [0.1, 0.15) is 0 Å². The highest BCUT2D eigenvalue weighted by atomic mass is 35.5. The average Bonchev–Trinajstić information content (AvgIpc) is 2.61. The van der Waals surface area contributed by atoms with Gasteiger partial charge in [-0.15, -0.1) is 23.2 Å². The highest BCUT2D eigenvalue weighted by Crippen LogP contribution is 2.13. The zero-order valence-corrected chi connectivity index (χ0v) is 14.0. The standard InChI is InChI=1S/C17H14Cl2N2O3/c18-9-15(22)11-1-5-13(6-2-11)20-17(24)21-14-7-3-12(4-8-14)16(23)10-19/h1-8H,9-10H2,(H2,20,21,24). The summed E-state index contributed by atoms with van der Waals surface area (Å²) in [5.74, 6) is -0.538. The Morgan fingerprint density at radius 1 is 0.667 bits per heavy atom. The van der Waals surface area contributed by atoms with E-state index in [-0.39, 0.29) is 23.3 Å². The number of rotatable bonds is 6. The fraction of sp³-hybridized carbons (Fsp3) is 0.118. The van der Waals surface area contributed by atoms with Crippen molar-refractivity contribution in [2.45, 2.75) is 0 Å². The molecule has 0 aliphatic rings. The predicted molar refractivity (Wildman–Crippen MR) is 95.6 cm³/mol. The molecule has 0 unspecified atom stereocenters. The summed E-state index contributed by atoms with van der Waals surface area (Å²) in [7, 11) is 0. The van der Waals surface area contributed by atoms with Gasteiger partial charge in [-0.1, -0.05) is 0 Å². The quantitative estimate of drug-likeness (QED) is 0.596. The number of hydrogen-bond acceptors (Lipinski definition) is 3. The topological polar surface area (TPSA) is 75.3 Å². The fourth-order valence-corrected chi connectivity index (χ4v) is 2.24. The molecule has 0 aromatic heterocycles. The van der Waals surface area contributed by atoms with Gasteiger partial charge >= 0.3 is 6.03 Å². The second-order valence-corrected chi connectivity index (χ2v) is 5.38. The molecule has 0 saturated heterocycles. The van der Waals surface area contributed by atoms with E-state index in [1.165, 1.54) is 0 Å². The van der Waals surface area contributed by atoms with E-state index in [4.69, 9.17) is 23.2 Å². The molecule has 0 bridgehead atoms. The number of amides is 2. The Morgan fingerprint density at radius 3 is 1.29 bits per heavy atom. The van der Waals surface area contributed by atoms with Crippen molar-refractivity contribution in [3.8, 4) is 0 Å². The van der Waals surface area contributed by atoms with Crippen LogP contribution in [0.1, 0.15) is 20.7 Å². The number of alkyl halides is 2. The van der Waals surface area contributed by atoms with Crippen molar-refractivity contribution in [3.05, 3.63) is 59.7 Å². The van der Waals surface area contributed by atoms with Crippen LogP contribution in [0.2, 0.25) is 0 Å². The maximum Gasteiger partial charge on any atom is 0.323 e. The summed E-state index contributed by atoms with van der Waals surface area (Å²) >= 11 is 11.0. The van der Waals surface area contributed by atoms with Crippen molar-refractivity contribution in [1.82, 2.24) is 0 Å². The van der Waals surface area contributed by atoms with Gasteiger partial charge in [0.2, 0.25) is 0 Å². The molecule has 0 radical (unpaired) electrons. The number of urea groups is 1. The maximum atomic E-state index is 11.9. The smallest absolute Gasteiger partial charge is 0.308 e. The van der Waals surface area contributed by atoms with Crippen LogP contribution in [0.4, 0.5) is 16.2 Å². The highest BCUT2D eigenvalue weighted by molar-refractivity contribution is 6.30. The van der Waals surface area contributed by atoms with Crippen molar-refractivity contribution in [3.63, 3.8) is 0 Å². The Labute approximate surface area is 149 Å². The number of ketones is 2. The van der Waals surface area contributed by atoms with Gasteiger partial charge in [-0.3, -0.25) is 9.59 Å². The molecule has 0 fully saturated rings. The second-order valence-electron chi connectivity index (χ2n) is 4.85. The van der Waals surface area contributed by atoms with E-state index in [2.05, 4.69) is 10.6 Å². The summed E-state index contributed by atoms with van der Waals surface area (Å²) in [6.07, 6.45) is 0. The third kappa shape index (κ3) is 4.81. The van der Waals surface area contributed by atoms with E-state index < -0.39 is 6.03 Å². The molecular formula is C17H14Cl2N2O3. The van der Waals surface area contributed by atoms with Crippen LogP contribution in [-0.4, -0.2) is 29.4 Å². The molecule has 24 heavy (non-hydrogen) atoms. The molecule has 2 aromatic rings. The molecule has 2 amide bonds. The number of halogens is 2. The lowest BCUT2D eigenvalue weighted by Gasteiger charge is -2.08. The maximum absolute atomic E-state index is 11.9. The summed E-state index contributed by atoms with van der Waals surface area (Å²) in [5.41, 5.74) is 2.03. The van der Waals surface area contributed by atoms with Crippen molar-refractivity contribution in [2.75, 3.05) is 22.4 Å². The number of carbonyl (C=O) groups is 3. The molecule has 5 nitrogen and oxygen atoms in total. The molecule has 0 aliphatic carbocycles. The zero-order chi connectivity index (χ0) is 17.5. The normalized spacial score (nSPS) is 10.1. The van der Waals surface area contributed by atoms with Crippen LogP contribution in [0.25, 0.3) is 0 Å². The number of carbonyl (C=O) groups excluding carboxylic acids is 3. The Balaban J connectivity index is 1.95. The molecule has 0 heterocycles. The minimum Gasteiger partial charge on any atom is -0.308 e. The van der Waals surface area contributed by atoms with Crippen LogP contribution in [-0.2, 0) is 0 Å². The van der Waals surface area contributed by atoms with Gasteiger partial charge in [-0.05, 0) is 48.5 Å². The predicted octanol–water partition coefficient (Wildman–Crippen LogP) is 4.17. The second kappa shape index (κ2) is 8.47. The SMILES string of the molecule is O=C(Nc1ccc(C(=O)CCl)cc1)Nc1ccc(C(=O)CCl)cc1. The molecule has 124 valence electrons. The summed E-state index contributed by atoms with van der Waals surface area (Å²) < 4.78 is 0. The Bertz CT molecular complexity index is 680. The largest absolute Gasteiger partial charge is 0.323 e. The Morgan fingerprint density at radius 2 is 1.00 bits per heavy atom. The number of benzene rings is 2. The molecule has 2 aromatic carbocycles. The Hall–Kier alpha value is -2.37. The van der Waals surface area contributed by atoms with Gasteiger partial charge in [0.05, 0.1) is 11.8 Å². The molecule has 0 atom stereocenters. The highest BCUT2D eigenvalue weighted by Gasteiger charge is 2.07. The third-order valence-electron chi connectivity index (χ3n) is 3.17. The summed E-state index contributed by atoms with van der Waals surface area (Å²) in [5, 5.41) is 5.28. The van der Waals surface area contributed by atoms with Crippen molar-refractivity contribution in [2.24, 2.45) is 0 Å². The van der Waals surface area contributed by atoms with Gasteiger partial charge < -0.3 is 10.6 Å². The van der Waals surface area contributed by atoms with E-state index in [1.54, 1.807) is 48.5 Å². The van der Waals surface area contributed by atoms with E-state index in [0.29, 0.717) is 22.5 Å². The number of hydrogen-bond donors (Lipinski definition) is 2. The lowest BCUT2D eigenvalue weighted by molar-refractivity contribution is 0.101. The lowest BCUT2D eigenvalue weighted by atomic mass is 10.1. The lowest BCUT2D eigenvalue weighted by Crippen LogP contribution is -2.19. The van der Waals surface area contributed by atoms with Gasteiger partial charge in [0.15, 0.2) is 11.6 Å². The van der Waals surface area contributed by atoms with Crippen molar-refractivity contribution >= 4 is 52.2 Å². The molecule has 0 spiro atoms. The minimum atomic E-state index is -0.442. The number of anilines is 2. The summed E-state index contributed by atoms with van der Waals surface area (Å²) in [4.78, 5) is 34.8. The first-order valence-electron chi connectivity index (χ1n) is 7.00. The fourth-order valence-electron chi connectivity index (χ4n) is 1.93. The van der Waals surface area contributed by atoms with Crippen molar-refractivity contribution < 1.29 is 14.4 Å². The molecule has 0 aliphatic heterocycles. The Kier molecular flexibility index (Phi) is 6.35. The molecular weight excluding hydrogens is 351 g/mol. The van der Waals surface area contributed by atoms with Gasteiger partial charge in [-0.25, -0.2) is 4.79 Å². The summed E-state index contributed by atoms with van der Waals surface area (Å²) in [6.45, 7) is 0. The van der Waals surface area contributed by atoms with Gasteiger partial charge in [-0.2, -0.15) is 0 Å². The molecule has 7 heteroatoms. The number of Topliss-reactive ketones (excluding diaryl/α,β-unsaturated/α-hetero) is 2. The average molecular weight is 365 g/mol. The monoisotopic (exact) mass is 364 g/mol. The van der Waals surface area contributed by atoms with Gasteiger partial charge in [0, 0.05) is 22.5 Å². The first-order chi connectivity index (χ1) is 11.5. The van der Waals surface area contributed by atoms with Crippen LogP contribution in [0, 0.1) is 0 Å². The molecule has 0 saturated carbocycles. The van der Waals surface area contributed by atoms with Crippen LogP contribution >= 0.6 is 23.2 Å². The third-order valence-corrected chi connectivity index (χ3v) is 3.66. The number of nitrogens with one attached hydrogen (secondary N) is 2. The van der Waals surface area contributed by atoms with E-state index in [9.17, 15) is 14.4 Å². The van der Waals surface area contributed by atoms with Crippen LogP contribution in [0.3, 0.4) is 0 Å². The van der Waals surface area contributed by atoms with Crippen LogP contribution < -0.4 is 10.6 Å². The van der Waals surface area contributed by atoms with Crippen LogP contribution in [0.15, 0.2) is 48.5 Å². The van der Waals surface area contributed by atoms with Gasteiger partial charge in [0.25, 0.3) is 0 Å². The van der Waals surface area contributed by atoms with E-state index >= 15 is 0 Å². The van der Waals surface area contributed by atoms with Crippen LogP contribution in [0.5, 0.6) is 0 Å². The summed E-state index contributed by atoms with van der Waals surface area (Å²) in [6, 6.07) is 12.4. The first-order valence-corrected chi connectivity index (χ1v) is 8.07. The minimum absolute atomic E-state index is 0.0878. The molecule has 2 N–H and O–H groups in total.